The van der Waals surface area contributed by atoms with Crippen molar-refractivity contribution in [3.63, 3.8) is 0 Å². The Labute approximate surface area is 157 Å². The summed E-state index contributed by atoms with van der Waals surface area (Å²) in [5.74, 6) is 0.0568. The minimum Gasteiger partial charge on any atom is -0.283 e. The Morgan fingerprint density at radius 3 is 2.62 bits per heavy atom. The molecule has 0 bridgehead atoms. The summed E-state index contributed by atoms with van der Waals surface area (Å²) in [6.07, 6.45) is 14.5. The van der Waals surface area contributed by atoms with Crippen LogP contribution in [0, 0.1) is 0 Å². The van der Waals surface area contributed by atoms with Gasteiger partial charge in [0.15, 0.2) is 5.17 Å². The van der Waals surface area contributed by atoms with Gasteiger partial charge in [0.25, 0.3) is 5.91 Å². The molecular weight excluding hydrogens is 344 g/mol. The van der Waals surface area contributed by atoms with Crippen molar-refractivity contribution in [2.24, 2.45) is 4.99 Å². The van der Waals surface area contributed by atoms with E-state index in [0.717, 1.165) is 29.3 Å². The molecule has 26 heavy (non-hydrogen) atoms. The Morgan fingerprint density at radius 2 is 1.88 bits per heavy atom. The summed E-state index contributed by atoms with van der Waals surface area (Å²) in [5, 5.41) is 0.759. The van der Waals surface area contributed by atoms with Crippen LogP contribution in [-0.2, 0) is 4.79 Å². The molecule has 0 atom stereocenters. The summed E-state index contributed by atoms with van der Waals surface area (Å²) in [6.45, 7) is 0. The van der Waals surface area contributed by atoms with Gasteiger partial charge in [-0.05, 0) is 60.5 Å². The largest absolute Gasteiger partial charge is 0.283 e. The number of aromatic nitrogens is 2. The third-order valence-electron chi connectivity index (χ3n) is 4.65. The minimum absolute atomic E-state index is 0.0568. The first-order chi connectivity index (χ1) is 12.8. The molecule has 0 radical (unpaired) electrons. The maximum Gasteiger partial charge on any atom is 0.267 e. The molecular formula is C20H20N4OS. The minimum atomic E-state index is 0.0568. The number of thioether (sulfide) groups is 1. The number of carbonyl (C=O) groups is 1. The number of amides is 1. The number of hydrogen-bond donors (Lipinski definition) is 0. The van der Waals surface area contributed by atoms with Gasteiger partial charge in [-0.2, -0.15) is 0 Å². The smallest absolute Gasteiger partial charge is 0.267 e. The van der Waals surface area contributed by atoms with Gasteiger partial charge in [0, 0.05) is 24.6 Å². The predicted molar refractivity (Wildman–Crippen MR) is 105 cm³/mol. The van der Waals surface area contributed by atoms with Crippen LogP contribution in [0.5, 0.6) is 0 Å². The van der Waals surface area contributed by atoms with Crippen molar-refractivity contribution >= 4 is 34.6 Å². The standard InChI is InChI=1S/C20H20N4OS/c25-19-18(13-15-8-11-21-12-9-15)26-20(23-16-5-4-10-22-14-16)24(19)17-6-2-1-3-7-17/h4-5,8-14,17H,1-3,6-7H2/b18-13-,23-20?. The fourth-order valence-electron chi connectivity index (χ4n) is 3.37. The van der Waals surface area contributed by atoms with Crippen LogP contribution in [0.2, 0.25) is 0 Å². The number of aliphatic imine (C=N–C) groups is 1. The van der Waals surface area contributed by atoms with Gasteiger partial charge in [-0.25, -0.2) is 4.99 Å². The molecule has 4 rings (SSSR count). The second kappa shape index (κ2) is 7.83. The Kier molecular flexibility index (Phi) is 5.11. The zero-order valence-electron chi connectivity index (χ0n) is 14.4. The lowest BCUT2D eigenvalue weighted by molar-refractivity contribution is -0.124. The van der Waals surface area contributed by atoms with Crippen LogP contribution in [0.1, 0.15) is 37.7 Å². The van der Waals surface area contributed by atoms with E-state index in [1.54, 1.807) is 24.8 Å². The third kappa shape index (κ3) is 3.70. The first kappa shape index (κ1) is 17.0. The van der Waals surface area contributed by atoms with Gasteiger partial charge in [-0.1, -0.05) is 19.3 Å². The molecule has 0 unspecified atom stereocenters. The molecule has 5 nitrogen and oxygen atoms in total. The van der Waals surface area contributed by atoms with E-state index in [4.69, 9.17) is 4.99 Å². The number of carbonyl (C=O) groups excluding carboxylic acids is 1. The average Bonchev–Trinajstić information content (AvgIpc) is 2.99. The van der Waals surface area contributed by atoms with Crippen LogP contribution in [-0.4, -0.2) is 32.0 Å². The summed E-state index contributed by atoms with van der Waals surface area (Å²) in [6, 6.07) is 7.82. The van der Waals surface area contributed by atoms with Crippen molar-refractivity contribution in [1.82, 2.24) is 14.9 Å². The van der Waals surface area contributed by atoms with Crippen molar-refractivity contribution in [3.8, 4) is 0 Å². The first-order valence-corrected chi connectivity index (χ1v) is 9.75. The predicted octanol–water partition coefficient (Wildman–Crippen LogP) is 4.41. The van der Waals surface area contributed by atoms with Gasteiger partial charge in [-0.3, -0.25) is 19.7 Å². The van der Waals surface area contributed by atoms with Crippen molar-refractivity contribution < 1.29 is 4.79 Å². The van der Waals surface area contributed by atoms with E-state index < -0.39 is 0 Å². The summed E-state index contributed by atoms with van der Waals surface area (Å²) >= 11 is 1.45. The van der Waals surface area contributed by atoms with Crippen molar-refractivity contribution in [2.75, 3.05) is 0 Å². The molecule has 1 saturated carbocycles. The summed E-state index contributed by atoms with van der Waals surface area (Å²) < 4.78 is 0. The summed E-state index contributed by atoms with van der Waals surface area (Å²) in [4.78, 5) is 28.6. The van der Waals surface area contributed by atoms with E-state index in [1.165, 1.54) is 31.0 Å². The molecule has 2 aromatic rings. The van der Waals surface area contributed by atoms with Crippen LogP contribution < -0.4 is 0 Å². The zero-order valence-corrected chi connectivity index (χ0v) is 15.2. The molecule has 3 heterocycles. The highest BCUT2D eigenvalue weighted by Gasteiger charge is 2.38. The highest BCUT2D eigenvalue weighted by atomic mass is 32.2. The lowest BCUT2D eigenvalue weighted by Gasteiger charge is -2.30. The fourth-order valence-corrected chi connectivity index (χ4v) is 4.43. The van der Waals surface area contributed by atoms with E-state index in [9.17, 15) is 4.79 Å². The van der Waals surface area contributed by atoms with E-state index in [2.05, 4.69) is 9.97 Å². The normalized spacial score (nSPS) is 21.7. The summed E-state index contributed by atoms with van der Waals surface area (Å²) in [5.41, 5.74) is 1.75. The zero-order chi connectivity index (χ0) is 17.8. The number of pyridine rings is 2. The molecule has 132 valence electrons. The average molecular weight is 364 g/mol. The van der Waals surface area contributed by atoms with Crippen LogP contribution >= 0.6 is 11.8 Å². The van der Waals surface area contributed by atoms with Crippen molar-refractivity contribution in [1.29, 1.82) is 0 Å². The third-order valence-corrected chi connectivity index (χ3v) is 5.63. The van der Waals surface area contributed by atoms with Gasteiger partial charge in [0.2, 0.25) is 0 Å². The number of amidine groups is 1. The molecule has 2 fully saturated rings. The van der Waals surface area contributed by atoms with Gasteiger partial charge >= 0.3 is 0 Å². The van der Waals surface area contributed by atoms with E-state index in [-0.39, 0.29) is 11.9 Å². The topological polar surface area (TPSA) is 58.5 Å². The number of nitrogens with zero attached hydrogens (tertiary/aromatic N) is 4. The second-order valence-electron chi connectivity index (χ2n) is 6.46. The highest BCUT2D eigenvalue weighted by molar-refractivity contribution is 8.18. The molecule has 0 aromatic carbocycles. The number of rotatable bonds is 3. The molecule has 2 aromatic heterocycles. The maximum absolute atomic E-state index is 13.1. The Morgan fingerprint density at radius 1 is 1.08 bits per heavy atom. The monoisotopic (exact) mass is 364 g/mol. The second-order valence-corrected chi connectivity index (χ2v) is 7.47. The molecule has 1 aliphatic carbocycles. The van der Waals surface area contributed by atoms with Crippen LogP contribution in [0.4, 0.5) is 5.69 Å². The summed E-state index contributed by atoms with van der Waals surface area (Å²) in [7, 11) is 0. The Balaban J connectivity index is 1.69. The molecule has 6 heteroatoms. The van der Waals surface area contributed by atoms with Crippen LogP contribution in [0.25, 0.3) is 6.08 Å². The van der Waals surface area contributed by atoms with Crippen molar-refractivity contribution in [2.45, 2.75) is 38.1 Å². The quantitative estimate of drug-likeness (QED) is 0.757. The lowest BCUT2D eigenvalue weighted by Crippen LogP contribution is -2.40. The number of hydrogen-bond acceptors (Lipinski definition) is 5. The van der Waals surface area contributed by atoms with Crippen molar-refractivity contribution in [3.05, 3.63) is 59.5 Å². The molecule has 2 aliphatic rings. The van der Waals surface area contributed by atoms with E-state index in [0.29, 0.717) is 4.91 Å². The molecule has 1 aliphatic heterocycles. The van der Waals surface area contributed by atoms with E-state index >= 15 is 0 Å². The maximum atomic E-state index is 13.1. The van der Waals surface area contributed by atoms with Crippen LogP contribution in [0.3, 0.4) is 0 Å². The SMILES string of the molecule is O=C1/C(=C/c2ccncc2)SC(=Nc2cccnc2)N1C1CCCCC1. The first-order valence-electron chi connectivity index (χ1n) is 8.93. The molecule has 1 saturated heterocycles. The Bertz CT molecular complexity index is 829. The van der Waals surface area contributed by atoms with Gasteiger partial charge in [0.05, 0.1) is 16.8 Å². The van der Waals surface area contributed by atoms with E-state index in [1.807, 2.05) is 35.2 Å². The van der Waals surface area contributed by atoms with Gasteiger partial charge in [-0.15, -0.1) is 0 Å². The fraction of sp³-hybridized carbons (Fsp3) is 0.300. The molecule has 1 amide bonds. The van der Waals surface area contributed by atoms with Gasteiger partial charge < -0.3 is 0 Å². The van der Waals surface area contributed by atoms with Crippen LogP contribution in [0.15, 0.2) is 59.0 Å². The highest BCUT2D eigenvalue weighted by Crippen LogP contribution is 2.38. The van der Waals surface area contributed by atoms with Gasteiger partial charge in [0.1, 0.15) is 0 Å². The molecule has 0 spiro atoms. The molecule has 0 N–H and O–H groups in total. The lowest BCUT2D eigenvalue weighted by atomic mass is 9.94. The Hall–Kier alpha value is -2.47.